The fraction of sp³-hybridized carbons (Fsp3) is 0.517. The van der Waals surface area contributed by atoms with E-state index in [0.29, 0.717) is 23.7 Å². The molecule has 0 saturated heterocycles. The number of fused-ring (bicyclic) bond motifs is 4. The van der Waals surface area contributed by atoms with Crippen LogP contribution in [0, 0.1) is 29.1 Å². The van der Waals surface area contributed by atoms with Gasteiger partial charge in [-0.25, -0.2) is 0 Å². The van der Waals surface area contributed by atoms with Crippen LogP contribution in [0.1, 0.15) is 64.2 Å². The molecular formula is C29H33Br. The summed E-state index contributed by atoms with van der Waals surface area (Å²) in [7, 11) is 0. The molecule has 6 rings (SSSR count). The maximum Gasteiger partial charge on any atom is 0.0404 e. The van der Waals surface area contributed by atoms with Gasteiger partial charge in [0.25, 0.3) is 0 Å². The number of allylic oxidation sites excluding steroid dienone is 14. The van der Waals surface area contributed by atoms with Gasteiger partial charge in [-0.05, 0) is 74.6 Å². The minimum absolute atomic E-state index is 0.189. The van der Waals surface area contributed by atoms with Gasteiger partial charge in [-0.15, -0.1) is 0 Å². The van der Waals surface area contributed by atoms with E-state index in [1.54, 1.807) is 5.57 Å². The van der Waals surface area contributed by atoms with Crippen molar-refractivity contribution in [3.8, 4) is 0 Å². The molecule has 6 aliphatic carbocycles. The summed E-state index contributed by atoms with van der Waals surface area (Å²) >= 11 is 3.94. The van der Waals surface area contributed by atoms with E-state index in [4.69, 9.17) is 0 Å². The molecule has 0 aromatic heterocycles. The first-order chi connectivity index (χ1) is 14.8. The van der Waals surface area contributed by atoms with Crippen molar-refractivity contribution in [2.75, 3.05) is 0 Å². The molecule has 0 heterocycles. The molecule has 0 aromatic rings. The zero-order valence-electron chi connectivity index (χ0n) is 18.0. The Hall–Kier alpha value is -1.34. The standard InChI is InChI=1S/C29H33Br/c30-27-17-9-15-23-22(27)18-19-26-28(23)24-14-7-8-16-25(24)29(26,20-10-3-1-4-11-20)21-12-5-2-6-13-21/h1,3-4,9-10,12,15-17,20,22-24H,2,5-8,11,13-14,18-19H2. The SMILES string of the molecule is BrC1=CC=CC2C3=C(CCC12)C(C1=CCCCC1)(C1C=CC=CC1)C1=CCCCC13. The molecule has 5 unspecified atom stereocenters. The van der Waals surface area contributed by atoms with Crippen LogP contribution in [0.3, 0.4) is 0 Å². The molecule has 0 aromatic carbocycles. The maximum atomic E-state index is 3.94. The first-order valence-electron chi connectivity index (χ1n) is 12.3. The van der Waals surface area contributed by atoms with Gasteiger partial charge in [0.15, 0.2) is 0 Å². The van der Waals surface area contributed by atoms with E-state index in [1.165, 1.54) is 68.7 Å². The number of hydrogen-bond donors (Lipinski definition) is 0. The molecule has 0 radical (unpaired) electrons. The third-order valence-electron chi connectivity index (χ3n) is 8.85. The van der Waals surface area contributed by atoms with E-state index in [1.807, 2.05) is 16.7 Å². The van der Waals surface area contributed by atoms with Crippen molar-refractivity contribution in [2.45, 2.75) is 64.2 Å². The fourth-order valence-electron chi connectivity index (χ4n) is 7.81. The summed E-state index contributed by atoms with van der Waals surface area (Å²) in [5, 5.41) is 0. The van der Waals surface area contributed by atoms with Crippen LogP contribution in [-0.4, -0.2) is 0 Å². The Labute approximate surface area is 190 Å². The van der Waals surface area contributed by atoms with Gasteiger partial charge in [-0.2, -0.15) is 0 Å². The lowest BCUT2D eigenvalue weighted by molar-refractivity contribution is 0.328. The lowest BCUT2D eigenvalue weighted by Gasteiger charge is -2.46. The van der Waals surface area contributed by atoms with Gasteiger partial charge in [-0.1, -0.05) is 92.9 Å². The van der Waals surface area contributed by atoms with Gasteiger partial charge in [-0.3, -0.25) is 0 Å². The lowest BCUT2D eigenvalue weighted by Crippen LogP contribution is -2.37. The molecule has 0 bridgehead atoms. The van der Waals surface area contributed by atoms with Crippen molar-refractivity contribution in [2.24, 2.45) is 29.1 Å². The number of rotatable bonds is 2. The van der Waals surface area contributed by atoms with Crippen LogP contribution in [-0.2, 0) is 0 Å². The zero-order chi connectivity index (χ0) is 20.1. The summed E-state index contributed by atoms with van der Waals surface area (Å²) < 4.78 is 1.43. The smallest absolute Gasteiger partial charge is 0.0404 e. The molecule has 0 amide bonds. The molecule has 1 heteroatoms. The van der Waals surface area contributed by atoms with Crippen LogP contribution < -0.4 is 0 Å². The minimum Gasteiger partial charge on any atom is -0.0841 e. The summed E-state index contributed by atoms with van der Waals surface area (Å²) in [6.45, 7) is 0. The molecule has 156 valence electrons. The van der Waals surface area contributed by atoms with Gasteiger partial charge >= 0.3 is 0 Å². The van der Waals surface area contributed by atoms with Crippen molar-refractivity contribution in [3.63, 3.8) is 0 Å². The Kier molecular flexibility index (Phi) is 4.94. The average Bonchev–Trinajstić information content (AvgIpc) is 3.12. The Morgan fingerprint density at radius 3 is 2.67 bits per heavy atom. The quantitative estimate of drug-likeness (QED) is 0.362. The maximum absolute atomic E-state index is 3.94. The highest BCUT2D eigenvalue weighted by atomic mass is 79.9. The Morgan fingerprint density at radius 2 is 1.83 bits per heavy atom. The van der Waals surface area contributed by atoms with Crippen LogP contribution in [0.2, 0.25) is 0 Å². The van der Waals surface area contributed by atoms with Crippen molar-refractivity contribution in [1.82, 2.24) is 0 Å². The van der Waals surface area contributed by atoms with E-state index in [-0.39, 0.29) is 5.41 Å². The average molecular weight is 461 g/mol. The summed E-state index contributed by atoms with van der Waals surface area (Å²) in [5.41, 5.74) is 7.49. The first-order valence-corrected chi connectivity index (χ1v) is 13.1. The topological polar surface area (TPSA) is 0 Å². The van der Waals surface area contributed by atoms with Crippen molar-refractivity contribution in [3.05, 3.63) is 81.5 Å². The highest BCUT2D eigenvalue weighted by Crippen LogP contribution is 2.68. The van der Waals surface area contributed by atoms with E-state index >= 15 is 0 Å². The third-order valence-corrected chi connectivity index (χ3v) is 9.70. The molecule has 0 spiro atoms. The fourth-order valence-corrected chi connectivity index (χ4v) is 8.48. The van der Waals surface area contributed by atoms with Gasteiger partial charge in [0.1, 0.15) is 0 Å². The molecule has 0 aliphatic heterocycles. The summed E-state index contributed by atoms with van der Waals surface area (Å²) in [6.07, 6.45) is 35.3. The van der Waals surface area contributed by atoms with Crippen LogP contribution in [0.5, 0.6) is 0 Å². The van der Waals surface area contributed by atoms with Crippen molar-refractivity contribution >= 4 is 15.9 Å². The van der Waals surface area contributed by atoms with E-state index in [0.717, 1.165) is 0 Å². The van der Waals surface area contributed by atoms with Crippen molar-refractivity contribution in [1.29, 1.82) is 0 Å². The highest BCUT2D eigenvalue weighted by molar-refractivity contribution is 9.11. The largest absolute Gasteiger partial charge is 0.0841 e. The molecule has 0 nitrogen and oxygen atoms in total. The van der Waals surface area contributed by atoms with E-state index in [9.17, 15) is 0 Å². The van der Waals surface area contributed by atoms with Crippen LogP contribution in [0.15, 0.2) is 81.5 Å². The second kappa shape index (κ2) is 7.66. The normalized spacial score (nSPS) is 39.7. The third kappa shape index (κ3) is 2.70. The van der Waals surface area contributed by atoms with Gasteiger partial charge in [0.05, 0.1) is 0 Å². The lowest BCUT2D eigenvalue weighted by atomic mass is 9.57. The molecule has 0 saturated carbocycles. The highest BCUT2D eigenvalue weighted by Gasteiger charge is 2.57. The Morgan fingerprint density at radius 1 is 0.900 bits per heavy atom. The molecule has 30 heavy (non-hydrogen) atoms. The zero-order valence-corrected chi connectivity index (χ0v) is 19.5. The molecule has 0 fully saturated rings. The Bertz CT molecular complexity index is 949. The second-order valence-corrected chi connectivity index (χ2v) is 11.0. The molecule has 0 N–H and O–H groups in total. The monoisotopic (exact) mass is 460 g/mol. The summed E-state index contributed by atoms with van der Waals surface area (Å²) in [4.78, 5) is 0. The number of halogens is 1. The van der Waals surface area contributed by atoms with Gasteiger partial charge < -0.3 is 0 Å². The summed E-state index contributed by atoms with van der Waals surface area (Å²) in [5.74, 6) is 2.56. The van der Waals surface area contributed by atoms with E-state index < -0.39 is 0 Å². The van der Waals surface area contributed by atoms with Crippen molar-refractivity contribution < 1.29 is 0 Å². The van der Waals surface area contributed by atoms with Gasteiger partial charge in [0, 0.05) is 23.2 Å². The molecular weight excluding hydrogens is 428 g/mol. The summed E-state index contributed by atoms with van der Waals surface area (Å²) in [6, 6.07) is 0. The molecule has 6 aliphatic rings. The minimum atomic E-state index is 0.189. The predicted molar refractivity (Wildman–Crippen MR) is 130 cm³/mol. The second-order valence-electron chi connectivity index (χ2n) is 10.1. The van der Waals surface area contributed by atoms with Crippen LogP contribution in [0.25, 0.3) is 0 Å². The molecule has 5 atom stereocenters. The van der Waals surface area contributed by atoms with Crippen LogP contribution >= 0.6 is 15.9 Å². The van der Waals surface area contributed by atoms with Gasteiger partial charge in [0.2, 0.25) is 0 Å². The first kappa shape index (κ1) is 19.4. The number of hydrogen-bond acceptors (Lipinski definition) is 0. The Balaban J connectivity index is 1.59. The van der Waals surface area contributed by atoms with E-state index in [2.05, 4.69) is 70.6 Å². The van der Waals surface area contributed by atoms with Crippen LogP contribution in [0.4, 0.5) is 0 Å². The predicted octanol–water partition coefficient (Wildman–Crippen LogP) is 8.52.